The molecule has 0 bridgehead atoms. The highest BCUT2D eigenvalue weighted by atomic mass is 32.2. The van der Waals surface area contributed by atoms with Crippen molar-refractivity contribution in [3.63, 3.8) is 0 Å². The standard InChI is InChI=1S/C14H23N3O2S/c1-11(10-17(2)3)15-12-6-8-14(9-7-12)20(18,19)16-13-4-5-13/h6-9,11,13,15-16H,4-5,10H2,1-3H3. The fourth-order valence-electron chi connectivity index (χ4n) is 2.10. The minimum Gasteiger partial charge on any atom is -0.381 e. The molecule has 5 nitrogen and oxygen atoms in total. The second-order valence-corrected chi connectivity index (χ2v) is 7.44. The normalized spacial score (nSPS) is 17.2. The first-order valence-corrected chi connectivity index (χ1v) is 8.39. The Morgan fingerprint density at radius 3 is 2.35 bits per heavy atom. The highest BCUT2D eigenvalue weighted by Gasteiger charge is 2.27. The molecule has 0 heterocycles. The molecule has 1 aliphatic carbocycles. The average Bonchev–Trinajstić information content (AvgIpc) is 3.11. The van der Waals surface area contributed by atoms with Crippen LogP contribution in [-0.2, 0) is 10.0 Å². The molecule has 0 amide bonds. The quantitative estimate of drug-likeness (QED) is 0.800. The molecule has 1 saturated carbocycles. The molecule has 112 valence electrons. The third kappa shape index (κ3) is 4.47. The molecule has 1 aliphatic rings. The molecule has 1 unspecified atom stereocenters. The SMILES string of the molecule is CC(CN(C)C)Nc1ccc(S(=O)(=O)NC2CC2)cc1. The number of hydrogen-bond acceptors (Lipinski definition) is 4. The molecule has 1 fully saturated rings. The maximum absolute atomic E-state index is 12.0. The molecule has 0 aliphatic heterocycles. The van der Waals surface area contributed by atoms with Crippen molar-refractivity contribution in [1.29, 1.82) is 0 Å². The molecule has 1 atom stereocenters. The minimum atomic E-state index is -3.35. The van der Waals surface area contributed by atoms with Crippen molar-refractivity contribution >= 4 is 15.7 Å². The van der Waals surface area contributed by atoms with Crippen LogP contribution in [0.25, 0.3) is 0 Å². The first-order valence-electron chi connectivity index (χ1n) is 6.90. The van der Waals surface area contributed by atoms with Crippen LogP contribution in [0.3, 0.4) is 0 Å². The lowest BCUT2D eigenvalue weighted by Crippen LogP contribution is -2.29. The average molecular weight is 297 g/mol. The van der Waals surface area contributed by atoms with Crippen molar-refractivity contribution in [1.82, 2.24) is 9.62 Å². The van der Waals surface area contributed by atoms with Gasteiger partial charge in [0.2, 0.25) is 10.0 Å². The summed E-state index contributed by atoms with van der Waals surface area (Å²) in [6.07, 6.45) is 1.89. The van der Waals surface area contributed by atoms with E-state index in [2.05, 4.69) is 21.9 Å². The lowest BCUT2D eigenvalue weighted by atomic mass is 10.2. The first-order chi connectivity index (χ1) is 9.37. The van der Waals surface area contributed by atoms with Crippen LogP contribution in [0.4, 0.5) is 5.69 Å². The zero-order valence-corrected chi connectivity index (χ0v) is 13.1. The summed E-state index contributed by atoms with van der Waals surface area (Å²) in [4.78, 5) is 2.44. The second kappa shape index (κ2) is 6.11. The van der Waals surface area contributed by atoms with Gasteiger partial charge in [-0.05, 0) is 58.1 Å². The molecule has 2 N–H and O–H groups in total. The van der Waals surface area contributed by atoms with Crippen LogP contribution in [0.2, 0.25) is 0 Å². The number of hydrogen-bond donors (Lipinski definition) is 2. The third-order valence-corrected chi connectivity index (χ3v) is 4.65. The highest BCUT2D eigenvalue weighted by molar-refractivity contribution is 7.89. The van der Waals surface area contributed by atoms with Gasteiger partial charge in [-0.3, -0.25) is 0 Å². The predicted molar refractivity (Wildman–Crippen MR) is 81.4 cm³/mol. The van der Waals surface area contributed by atoms with Crippen LogP contribution in [0.1, 0.15) is 19.8 Å². The van der Waals surface area contributed by atoms with Gasteiger partial charge in [-0.25, -0.2) is 13.1 Å². The van der Waals surface area contributed by atoms with Gasteiger partial charge < -0.3 is 10.2 Å². The van der Waals surface area contributed by atoms with Crippen LogP contribution in [0.15, 0.2) is 29.2 Å². The van der Waals surface area contributed by atoms with Crippen molar-refractivity contribution in [2.75, 3.05) is 26.0 Å². The van der Waals surface area contributed by atoms with E-state index >= 15 is 0 Å². The monoisotopic (exact) mass is 297 g/mol. The molecule has 2 rings (SSSR count). The third-order valence-electron chi connectivity index (χ3n) is 3.12. The summed E-state index contributed by atoms with van der Waals surface area (Å²) < 4.78 is 26.7. The van der Waals surface area contributed by atoms with Gasteiger partial charge in [0.1, 0.15) is 0 Å². The Morgan fingerprint density at radius 1 is 1.25 bits per heavy atom. The Kier molecular flexibility index (Phi) is 4.67. The molecule has 0 spiro atoms. The van der Waals surface area contributed by atoms with E-state index in [4.69, 9.17) is 0 Å². The van der Waals surface area contributed by atoms with E-state index in [1.54, 1.807) is 12.1 Å². The second-order valence-electron chi connectivity index (χ2n) is 5.73. The number of sulfonamides is 1. The van der Waals surface area contributed by atoms with E-state index in [0.717, 1.165) is 25.1 Å². The zero-order chi connectivity index (χ0) is 14.8. The molecular formula is C14H23N3O2S. The minimum absolute atomic E-state index is 0.137. The maximum atomic E-state index is 12.0. The smallest absolute Gasteiger partial charge is 0.240 e. The van der Waals surface area contributed by atoms with Gasteiger partial charge in [-0.15, -0.1) is 0 Å². The maximum Gasteiger partial charge on any atom is 0.240 e. The van der Waals surface area contributed by atoms with Gasteiger partial charge in [0.05, 0.1) is 4.90 Å². The lowest BCUT2D eigenvalue weighted by Gasteiger charge is -2.19. The van der Waals surface area contributed by atoms with Gasteiger partial charge in [0, 0.05) is 24.3 Å². The number of benzene rings is 1. The number of likely N-dealkylation sites (N-methyl/N-ethyl adjacent to an activating group) is 1. The summed E-state index contributed by atoms with van der Waals surface area (Å²) in [7, 11) is 0.703. The number of anilines is 1. The fraction of sp³-hybridized carbons (Fsp3) is 0.571. The molecular weight excluding hydrogens is 274 g/mol. The van der Waals surface area contributed by atoms with Gasteiger partial charge in [0.15, 0.2) is 0 Å². The predicted octanol–water partition coefficient (Wildman–Crippen LogP) is 1.49. The Labute approximate surface area is 121 Å². The van der Waals surface area contributed by atoms with Gasteiger partial charge in [0.25, 0.3) is 0 Å². The van der Waals surface area contributed by atoms with Gasteiger partial charge in [-0.2, -0.15) is 0 Å². The molecule has 0 radical (unpaired) electrons. The Balaban J connectivity index is 1.98. The van der Waals surface area contributed by atoms with E-state index in [9.17, 15) is 8.42 Å². The van der Waals surface area contributed by atoms with Gasteiger partial charge >= 0.3 is 0 Å². The summed E-state index contributed by atoms with van der Waals surface area (Å²) in [5.41, 5.74) is 0.935. The van der Waals surface area contributed by atoms with Crippen molar-refractivity contribution in [3.05, 3.63) is 24.3 Å². The topological polar surface area (TPSA) is 61.4 Å². The Bertz CT molecular complexity index is 536. The van der Waals surface area contributed by atoms with Gasteiger partial charge in [-0.1, -0.05) is 0 Å². The molecule has 20 heavy (non-hydrogen) atoms. The summed E-state index contributed by atoms with van der Waals surface area (Å²) in [5, 5.41) is 3.35. The van der Waals surface area contributed by atoms with Crippen LogP contribution in [0, 0.1) is 0 Å². The van der Waals surface area contributed by atoms with E-state index < -0.39 is 10.0 Å². The zero-order valence-electron chi connectivity index (χ0n) is 12.3. The van der Waals surface area contributed by atoms with Crippen molar-refractivity contribution in [2.45, 2.75) is 36.7 Å². The molecule has 0 aromatic heterocycles. The lowest BCUT2D eigenvalue weighted by molar-refractivity contribution is 0.392. The fourth-order valence-corrected chi connectivity index (χ4v) is 3.40. The largest absolute Gasteiger partial charge is 0.381 e. The van der Waals surface area contributed by atoms with E-state index in [1.807, 2.05) is 26.2 Å². The van der Waals surface area contributed by atoms with E-state index in [1.165, 1.54) is 0 Å². The molecule has 6 heteroatoms. The van der Waals surface area contributed by atoms with Crippen LogP contribution in [-0.4, -0.2) is 46.0 Å². The molecule has 1 aromatic rings. The van der Waals surface area contributed by atoms with E-state index in [0.29, 0.717) is 10.9 Å². The number of nitrogens with one attached hydrogen (secondary N) is 2. The summed E-state index contributed by atoms with van der Waals surface area (Å²) in [6.45, 7) is 3.02. The molecule has 1 aromatic carbocycles. The van der Waals surface area contributed by atoms with Crippen molar-refractivity contribution in [2.24, 2.45) is 0 Å². The number of rotatable bonds is 7. The summed E-state index contributed by atoms with van der Waals surface area (Å²) >= 11 is 0. The number of nitrogens with zero attached hydrogens (tertiary/aromatic N) is 1. The summed E-state index contributed by atoms with van der Waals surface area (Å²) in [6, 6.07) is 7.36. The Morgan fingerprint density at radius 2 is 1.85 bits per heavy atom. The van der Waals surface area contributed by atoms with Crippen molar-refractivity contribution < 1.29 is 8.42 Å². The molecule has 0 saturated heterocycles. The highest BCUT2D eigenvalue weighted by Crippen LogP contribution is 2.22. The van der Waals surface area contributed by atoms with E-state index in [-0.39, 0.29) is 6.04 Å². The summed E-state index contributed by atoms with van der Waals surface area (Å²) in [5.74, 6) is 0. The van der Waals surface area contributed by atoms with Crippen LogP contribution >= 0.6 is 0 Å². The van der Waals surface area contributed by atoms with Crippen LogP contribution < -0.4 is 10.0 Å². The van der Waals surface area contributed by atoms with Crippen LogP contribution in [0.5, 0.6) is 0 Å². The van der Waals surface area contributed by atoms with Crippen molar-refractivity contribution in [3.8, 4) is 0 Å². The first kappa shape index (κ1) is 15.3. The Hall–Kier alpha value is -1.11.